The van der Waals surface area contributed by atoms with Gasteiger partial charge in [0, 0.05) is 4.47 Å². The van der Waals surface area contributed by atoms with Crippen LogP contribution in [-0.2, 0) is 14.3 Å². The lowest BCUT2D eigenvalue weighted by molar-refractivity contribution is -0.145. The van der Waals surface area contributed by atoms with Crippen LogP contribution < -0.4 is 14.8 Å². The molecule has 31 heavy (non-hydrogen) atoms. The Labute approximate surface area is 189 Å². The predicted molar refractivity (Wildman–Crippen MR) is 119 cm³/mol. The van der Waals surface area contributed by atoms with Gasteiger partial charge >= 0.3 is 5.97 Å². The molecule has 0 fully saturated rings. The van der Waals surface area contributed by atoms with E-state index in [0.717, 1.165) is 5.56 Å². The van der Waals surface area contributed by atoms with Crippen molar-refractivity contribution < 1.29 is 23.8 Å². The van der Waals surface area contributed by atoms with E-state index < -0.39 is 11.9 Å². The molecule has 0 saturated carbocycles. The van der Waals surface area contributed by atoms with Crippen molar-refractivity contribution in [2.45, 2.75) is 19.9 Å². The van der Waals surface area contributed by atoms with Gasteiger partial charge in [0.2, 0.25) is 0 Å². The molecular formula is C23H23BrN2O5. The molecule has 7 nitrogen and oxygen atoms in total. The van der Waals surface area contributed by atoms with E-state index in [-0.39, 0.29) is 24.8 Å². The number of ether oxygens (including phenoxy) is 3. The topological polar surface area (TPSA) is 97.7 Å². The van der Waals surface area contributed by atoms with E-state index in [1.807, 2.05) is 43.3 Å². The van der Waals surface area contributed by atoms with E-state index in [9.17, 15) is 14.9 Å². The van der Waals surface area contributed by atoms with Crippen LogP contribution in [0.3, 0.4) is 0 Å². The molecule has 2 aromatic carbocycles. The van der Waals surface area contributed by atoms with Gasteiger partial charge in [-0.1, -0.05) is 46.3 Å². The Bertz CT molecular complexity index is 999. The molecule has 8 heteroatoms. The molecule has 2 aromatic rings. The molecule has 0 heterocycles. The number of hydrogen-bond acceptors (Lipinski definition) is 6. The minimum Gasteiger partial charge on any atom is -0.493 e. The minimum atomic E-state index is -0.499. The van der Waals surface area contributed by atoms with Gasteiger partial charge in [0.15, 0.2) is 18.1 Å². The number of halogens is 1. The van der Waals surface area contributed by atoms with Gasteiger partial charge in [-0.15, -0.1) is 0 Å². The number of methoxy groups -OCH3 is 1. The fourth-order valence-electron chi connectivity index (χ4n) is 2.68. The van der Waals surface area contributed by atoms with Crippen LogP contribution in [0.2, 0.25) is 0 Å². The second-order valence-corrected chi connectivity index (χ2v) is 7.25. The lowest BCUT2D eigenvalue weighted by Gasteiger charge is -2.14. The number of rotatable bonds is 9. The Balaban J connectivity index is 2.22. The zero-order chi connectivity index (χ0) is 22.8. The highest BCUT2D eigenvalue weighted by Crippen LogP contribution is 2.34. The van der Waals surface area contributed by atoms with Crippen molar-refractivity contribution in [3.8, 4) is 17.6 Å². The maximum atomic E-state index is 12.6. The average molecular weight is 487 g/mol. The van der Waals surface area contributed by atoms with E-state index in [0.29, 0.717) is 21.5 Å². The fraction of sp³-hybridized carbons (Fsp3) is 0.261. The lowest BCUT2D eigenvalue weighted by atomic mass is 10.1. The van der Waals surface area contributed by atoms with E-state index in [4.69, 9.17) is 14.2 Å². The Hall–Kier alpha value is -3.31. The molecule has 0 aliphatic heterocycles. The average Bonchev–Trinajstić information content (AvgIpc) is 2.77. The van der Waals surface area contributed by atoms with Crippen molar-refractivity contribution in [3.63, 3.8) is 0 Å². The van der Waals surface area contributed by atoms with Crippen molar-refractivity contribution in [2.24, 2.45) is 0 Å². The molecular weight excluding hydrogens is 464 g/mol. The molecule has 0 aliphatic rings. The Morgan fingerprint density at radius 1 is 1.23 bits per heavy atom. The van der Waals surface area contributed by atoms with Gasteiger partial charge in [0.05, 0.1) is 19.8 Å². The number of benzene rings is 2. The molecule has 0 radical (unpaired) electrons. The summed E-state index contributed by atoms with van der Waals surface area (Å²) < 4.78 is 16.2. The molecule has 0 unspecified atom stereocenters. The molecule has 0 spiro atoms. The highest BCUT2D eigenvalue weighted by Gasteiger charge is 2.16. The van der Waals surface area contributed by atoms with Crippen LogP contribution >= 0.6 is 15.9 Å². The molecule has 2 rings (SSSR count). The molecule has 162 valence electrons. The van der Waals surface area contributed by atoms with Crippen LogP contribution in [0.5, 0.6) is 11.5 Å². The number of esters is 1. The van der Waals surface area contributed by atoms with Gasteiger partial charge in [-0.2, -0.15) is 5.26 Å². The van der Waals surface area contributed by atoms with Crippen molar-refractivity contribution in [1.82, 2.24) is 5.32 Å². The number of nitriles is 1. The standard InChI is InChI=1S/C23H23BrN2O5/c1-4-30-22(27)14-31-21-12-19(24)17(11-20(21)29-3)10-18(13-25)23(28)26-15(2)16-8-6-5-7-9-16/h5-12,15H,4,14H2,1-3H3,(H,26,28)/b18-10-/t15-/m0/s1. The SMILES string of the molecule is CCOC(=O)COc1cc(Br)c(/C=C(/C#N)C(=O)N[C@@H](C)c2ccccc2)cc1OC. The van der Waals surface area contributed by atoms with Gasteiger partial charge in [-0.05, 0) is 43.2 Å². The Morgan fingerprint density at radius 3 is 2.55 bits per heavy atom. The fourth-order valence-corrected chi connectivity index (χ4v) is 3.11. The van der Waals surface area contributed by atoms with Crippen LogP contribution in [0, 0.1) is 11.3 Å². The number of hydrogen-bond donors (Lipinski definition) is 1. The van der Waals surface area contributed by atoms with E-state index in [1.165, 1.54) is 13.2 Å². The molecule has 0 saturated heterocycles. The summed E-state index contributed by atoms with van der Waals surface area (Å²) >= 11 is 3.41. The summed E-state index contributed by atoms with van der Waals surface area (Å²) in [6, 6.07) is 14.3. The van der Waals surface area contributed by atoms with Crippen LogP contribution in [0.25, 0.3) is 6.08 Å². The molecule has 1 atom stereocenters. The second kappa shape index (κ2) is 11.8. The van der Waals surface area contributed by atoms with E-state index >= 15 is 0 Å². The Morgan fingerprint density at radius 2 is 1.94 bits per heavy atom. The van der Waals surface area contributed by atoms with E-state index in [1.54, 1.807) is 19.1 Å². The minimum absolute atomic E-state index is 0.0641. The zero-order valence-electron chi connectivity index (χ0n) is 17.5. The first kappa shape index (κ1) is 24.0. The van der Waals surface area contributed by atoms with Crippen LogP contribution in [0.1, 0.15) is 31.0 Å². The van der Waals surface area contributed by atoms with Gasteiger partial charge in [-0.25, -0.2) is 4.79 Å². The summed E-state index contributed by atoms with van der Waals surface area (Å²) in [5.74, 6) is -0.331. The molecule has 1 amide bonds. The summed E-state index contributed by atoms with van der Waals surface area (Å²) in [6.45, 7) is 3.54. The molecule has 0 bridgehead atoms. The molecule has 1 N–H and O–H groups in total. The monoisotopic (exact) mass is 486 g/mol. The lowest BCUT2D eigenvalue weighted by Crippen LogP contribution is -2.27. The highest BCUT2D eigenvalue weighted by atomic mass is 79.9. The molecule has 0 aliphatic carbocycles. The number of carbonyl (C=O) groups excluding carboxylic acids is 2. The largest absolute Gasteiger partial charge is 0.493 e. The third-order valence-electron chi connectivity index (χ3n) is 4.25. The highest BCUT2D eigenvalue weighted by molar-refractivity contribution is 9.10. The zero-order valence-corrected chi connectivity index (χ0v) is 19.1. The van der Waals surface area contributed by atoms with Crippen molar-refractivity contribution >= 4 is 33.9 Å². The Kier molecular flexibility index (Phi) is 9.10. The predicted octanol–water partition coefficient (Wildman–Crippen LogP) is 4.18. The summed E-state index contributed by atoms with van der Waals surface area (Å²) in [5, 5.41) is 12.3. The smallest absolute Gasteiger partial charge is 0.344 e. The summed E-state index contributed by atoms with van der Waals surface area (Å²) in [4.78, 5) is 24.1. The van der Waals surface area contributed by atoms with Crippen LogP contribution in [-0.4, -0.2) is 32.2 Å². The first-order valence-electron chi connectivity index (χ1n) is 9.53. The van der Waals surface area contributed by atoms with Crippen molar-refractivity contribution in [3.05, 3.63) is 63.6 Å². The van der Waals surface area contributed by atoms with Gasteiger partial charge in [0.25, 0.3) is 5.91 Å². The first-order valence-corrected chi connectivity index (χ1v) is 10.3. The summed E-state index contributed by atoms with van der Waals surface area (Å²) in [6.07, 6.45) is 1.45. The van der Waals surface area contributed by atoms with Crippen LogP contribution in [0.15, 0.2) is 52.5 Å². The molecule has 0 aromatic heterocycles. The van der Waals surface area contributed by atoms with Gasteiger partial charge in [0.1, 0.15) is 11.6 Å². The normalized spacial score (nSPS) is 11.8. The number of amides is 1. The quantitative estimate of drug-likeness (QED) is 0.324. The third kappa shape index (κ3) is 6.86. The maximum absolute atomic E-state index is 12.6. The summed E-state index contributed by atoms with van der Waals surface area (Å²) in [7, 11) is 1.45. The van der Waals surface area contributed by atoms with Gasteiger partial charge < -0.3 is 19.5 Å². The summed E-state index contributed by atoms with van der Waals surface area (Å²) in [5.41, 5.74) is 1.41. The second-order valence-electron chi connectivity index (χ2n) is 6.39. The number of carbonyl (C=O) groups is 2. The number of nitrogens with one attached hydrogen (secondary N) is 1. The number of nitrogens with zero attached hydrogens (tertiary/aromatic N) is 1. The van der Waals surface area contributed by atoms with E-state index in [2.05, 4.69) is 21.2 Å². The first-order chi connectivity index (χ1) is 14.9. The third-order valence-corrected chi connectivity index (χ3v) is 4.93. The van der Waals surface area contributed by atoms with Crippen LogP contribution in [0.4, 0.5) is 0 Å². The van der Waals surface area contributed by atoms with Crippen molar-refractivity contribution in [1.29, 1.82) is 5.26 Å². The maximum Gasteiger partial charge on any atom is 0.344 e. The van der Waals surface area contributed by atoms with Crippen molar-refractivity contribution in [2.75, 3.05) is 20.3 Å². The van der Waals surface area contributed by atoms with Gasteiger partial charge in [-0.3, -0.25) is 4.79 Å².